The molecule has 0 spiro atoms. The fraction of sp³-hybridized carbons (Fsp3) is 0.385. The van der Waals surface area contributed by atoms with Crippen molar-refractivity contribution < 1.29 is 13.2 Å². The van der Waals surface area contributed by atoms with Crippen LogP contribution in [0.5, 0.6) is 0 Å². The lowest BCUT2D eigenvalue weighted by atomic mass is 10.1. The van der Waals surface area contributed by atoms with Gasteiger partial charge in [-0.25, -0.2) is 13.6 Å². The van der Waals surface area contributed by atoms with Gasteiger partial charge in [0.15, 0.2) is 0 Å². The minimum atomic E-state index is -3.91. The molecule has 0 bridgehead atoms. The van der Waals surface area contributed by atoms with Gasteiger partial charge in [0.1, 0.15) is 5.82 Å². The lowest BCUT2D eigenvalue weighted by molar-refractivity contribution is 0.183. The van der Waals surface area contributed by atoms with E-state index in [1.807, 2.05) is 31.2 Å². The highest BCUT2D eigenvalue weighted by Crippen LogP contribution is 2.13. The summed E-state index contributed by atoms with van der Waals surface area (Å²) in [7, 11) is -2.37. The summed E-state index contributed by atoms with van der Waals surface area (Å²) < 4.78 is 29.6. The summed E-state index contributed by atoms with van der Waals surface area (Å²) in [4.78, 5) is 0. The molecule has 21 heavy (non-hydrogen) atoms. The van der Waals surface area contributed by atoms with Crippen LogP contribution in [0.4, 0.5) is 0 Å². The zero-order valence-corrected chi connectivity index (χ0v) is 12.8. The van der Waals surface area contributed by atoms with Crippen LogP contribution in [-0.4, -0.2) is 36.9 Å². The maximum Gasteiger partial charge on any atom is 0.273 e. The van der Waals surface area contributed by atoms with E-state index in [1.165, 1.54) is 4.57 Å². The average Bonchev–Trinajstić information content (AvgIpc) is 2.82. The molecule has 1 heterocycles. The number of hydrogen-bond donors (Lipinski definition) is 1. The van der Waals surface area contributed by atoms with Crippen LogP contribution in [0, 0.1) is 6.92 Å². The molecule has 1 aromatic carbocycles. The smallest absolute Gasteiger partial charge is 0.273 e. The van der Waals surface area contributed by atoms with Gasteiger partial charge in [-0.3, -0.25) is 4.57 Å². The van der Waals surface area contributed by atoms with E-state index >= 15 is 0 Å². The molecule has 114 valence electrons. The second-order valence-corrected chi connectivity index (χ2v) is 6.21. The van der Waals surface area contributed by atoms with Gasteiger partial charge in [-0.05, 0) is 12.5 Å². The molecule has 0 saturated heterocycles. The largest absolute Gasteiger partial charge is 0.383 e. The van der Waals surface area contributed by atoms with Gasteiger partial charge in [-0.15, -0.1) is 10.2 Å². The predicted molar refractivity (Wildman–Crippen MR) is 77.3 cm³/mol. The first kappa shape index (κ1) is 15.6. The van der Waals surface area contributed by atoms with Crippen LogP contribution in [0.2, 0.25) is 0 Å². The Bertz CT molecular complexity index is 708. The number of rotatable bonds is 6. The molecular weight excluding hydrogens is 292 g/mol. The minimum Gasteiger partial charge on any atom is -0.383 e. The van der Waals surface area contributed by atoms with E-state index in [0.717, 1.165) is 11.1 Å². The van der Waals surface area contributed by atoms with Crippen LogP contribution in [-0.2, 0) is 27.7 Å². The minimum absolute atomic E-state index is 0.235. The second-order valence-electron chi connectivity index (χ2n) is 4.75. The third-order valence-corrected chi connectivity index (χ3v) is 3.86. The summed E-state index contributed by atoms with van der Waals surface area (Å²) in [6, 6.07) is 7.93. The Balaban J connectivity index is 2.34. The van der Waals surface area contributed by atoms with Gasteiger partial charge >= 0.3 is 0 Å². The molecule has 2 aromatic rings. The molecule has 0 unspecified atom stereocenters. The molecule has 8 heteroatoms. The molecule has 0 saturated carbocycles. The molecule has 0 aliphatic rings. The number of aromatic nitrogens is 3. The molecule has 0 aliphatic carbocycles. The van der Waals surface area contributed by atoms with Crippen molar-refractivity contribution in [3.8, 4) is 0 Å². The molecule has 1 aromatic heterocycles. The second kappa shape index (κ2) is 6.33. The summed E-state index contributed by atoms with van der Waals surface area (Å²) in [6.45, 7) is 2.68. The third kappa shape index (κ3) is 3.87. The van der Waals surface area contributed by atoms with Gasteiger partial charge < -0.3 is 4.74 Å². The van der Waals surface area contributed by atoms with Crippen molar-refractivity contribution >= 4 is 10.0 Å². The summed E-state index contributed by atoms with van der Waals surface area (Å²) in [6.07, 6.45) is 0.479. The zero-order valence-electron chi connectivity index (χ0n) is 12.0. The Morgan fingerprint density at radius 1 is 1.24 bits per heavy atom. The fourth-order valence-electron chi connectivity index (χ4n) is 1.96. The van der Waals surface area contributed by atoms with Crippen LogP contribution in [0.1, 0.15) is 17.0 Å². The van der Waals surface area contributed by atoms with E-state index in [9.17, 15) is 8.42 Å². The SMILES string of the molecule is COCCn1c(Cc2ccc(C)cc2)nnc1S(N)(=O)=O. The average molecular weight is 310 g/mol. The Hall–Kier alpha value is -1.77. The molecular formula is C13H18N4O3S. The number of hydrogen-bond acceptors (Lipinski definition) is 5. The molecule has 0 amide bonds. The van der Waals surface area contributed by atoms with Gasteiger partial charge in [0.05, 0.1) is 6.61 Å². The van der Waals surface area contributed by atoms with Crippen LogP contribution in [0.15, 0.2) is 29.4 Å². The summed E-state index contributed by atoms with van der Waals surface area (Å²) in [5.41, 5.74) is 2.18. The van der Waals surface area contributed by atoms with Crippen molar-refractivity contribution in [3.05, 3.63) is 41.2 Å². The zero-order chi connectivity index (χ0) is 15.5. The van der Waals surface area contributed by atoms with Crippen molar-refractivity contribution in [3.63, 3.8) is 0 Å². The Labute approximate surface area is 123 Å². The summed E-state index contributed by atoms with van der Waals surface area (Å²) >= 11 is 0. The number of primary sulfonamides is 1. The molecule has 2 N–H and O–H groups in total. The van der Waals surface area contributed by atoms with Crippen LogP contribution < -0.4 is 5.14 Å². The maximum absolute atomic E-state index is 11.5. The number of nitrogens with two attached hydrogens (primary N) is 1. The van der Waals surface area contributed by atoms with Gasteiger partial charge in [0, 0.05) is 20.1 Å². The number of nitrogens with zero attached hydrogens (tertiary/aromatic N) is 3. The standard InChI is InChI=1S/C13H18N4O3S/c1-10-3-5-11(6-4-10)9-12-15-16-13(21(14,18)19)17(12)7-8-20-2/h3-6H,7-9H2,1-2H3,(H2,14,18,19). The molecule has 0 aliphatic heterocycles. The van der Waals surface area contributed by atoms with E-state index in [-0.39, 0.29) is 5.16 Å². The lowest BCUT2D eigenvalue weighted by Crippen LogP contribution is -2.21. The monoisotopic (exact) mass is 310 g/mol. The van der Waals surface area contributed by atoms with Crippen molar-refractivity contribution in [1.29, 1.82) is 0 Å². The first-order valence-electron chi connectivity index (χ1n) is 6.41. The molecule has 0 radical (unpaired) electrons. The van der Waals surface area contributed by atoms with Gasteiger partial charge in [0.2, 0.25) is 0 Å². The van der Waals surface area contributed by atoms with Crippen molar-refractivity contribution in [2.45, 2.75) is 25.0 Å². The first-order chi connectivity index (χ1) is 9.91. The number of aryl methyl sites for hydroxylation is 1. The number of benzene rings is 1. The normalized spacial score (nSPS) is 11.8. The highest BCUT2D eigenvalue weighted by Gasteiger charge is 2.21. The lowest BCUT2D eigenvalue weighted by Gasteiger charge is -2.09. The van der Waals surface area contributed by atoms with E-state index in [2.05, 4.69) is 10.2 Å². The topological polar surface area (TPSA) is 100 Å². The Morgan fingerprint density at radius 3 is 2.48 bits per heavy atom. The Morgan fingerprint density at radius 2 is 1.90 bits per heavy atom. The fourth-order valence-corrected chi connectivity index (χ4v) is 2.61. The molecule has 2 rings (SSSR count). The van der Waals surface area contributed by atoms with Crippen molar-refractivity contribution in [2.75, 3.05) is 13.7 Å². The van der Waals surface area contributed by atoms with Crippen LogP contribution in [0.25, 0.3) is 0 Å². The third-order valence-electron chi connectivity index (χ3n) is 3.05. The van der Waals surface area contributed by atoms with E-state index < -0.39 is 10.0 Å². The van der Waals surface area contributed by atoms with Crippen LogP contribution in [0.3, 0.4) is 0 Å². The molecule has 0 fully saturated rings. The summed E-state index contributed by atoms with van der Waals surface area (Å²) in [5.74, 6) is 0.542. The van der Waals surface area contributed by atoms with E-state index in [4.69, 9.17) is 9.88 Å². The highest BCUT2D eigenvalue weighted by atomic mass is 32.2. The molecule has 0 atom stereocenters. The number of methoxy groups -OCH3 is 1. The first-order valence-corrected chi connectivity index (χ1v) is 7.96. The predicted octanol–water partition coefficient (Wildman–Crippen LogP) is 0.471. The van der Waals surface area contributed by atoms with Gasteiger partial charge in [0.25, 0.3) is 15.2 Å². The summed E-state index contributed by atoms with van der Waals surface area (Å²) in [5, 5.41) is 12.6. The number of ether oxygens (including phenoxy) is 1. The van der Waals surface area contributed by atoms with Gasteiger partial charge in [-0.1, -0.05) is 29.8 Å². The van der Waals surface area contributed by atoms with E-state index in [0.29, 0.717) is 25.4 Å². The quantitative estimate of drug-likeness (QED) is 0.836. The van der Waals surface area contributed by atoms with Crippen molar-refractivity contribution in [2.24, 2.45) is 5.14 Å². The number of sulfonamides is 1. The maximum atomic E-state index is 11.5. The Kier molecular flexibility index (Phi) is 4.71. The van der Waals surface area contributed by atoms with Gasteiger partial charge in [-0.2, -0.15) is 0 Å². The van der Waals surface area contributed by atoms with Crippen LogP contribution >= 0.6 is 0 Å². The van der Waals surface area contributed by atoms with Crippen molar-refractivity contribution in [1.82, 2.24) is 14.8 Å². The highest BCUT2D eigenvalue weighted by molar-refractivity contribution is 7.89. The molecule has 7 nitrogen and oxygen atoms in total. The van der Waals surface area contributed by atoms with E-state index in [1.54, 1.807) is 7.11 Å².